The van der Waals surface area contributed by atoms with Crippen LogP contribution in [0.1, 0.15) is 13.3 Å². The number of carboxylic acids is 1. The third-order valence-corrected chi connectivity index (χ3v) is 5.84. The van der Waals surface area contributed by atoms with Gasteiger partial charge in [-0.1, -0.05) is 11.8 Å². The molecule has 0 aromatic carbocycles. The van der Waals surface area contributed by atoms with Crippen molar-refractivity contribution >= 4 is 27.6 Å². The van der Waals surface area contributed by atoms with Crippen molar-refractivity contribution in [2.75, 3.05) is 17.3 Å². The molecular formula is C10H14N2O4S2. The molecule has 0 aliphatic carbocycles. The molecule has 1 N–H and O–H groups in total. The number of nitrogens with zero attached hydrogens (tertiary/aromatic N) is 2. The van der Waals surface area contributed by atoms with E-state index in [2.05, 4.69) is 4.98 Å². The maximum atomic E-state index is 11.6. The minimum atomic E-state index is -3.00. The molecule has 1 unspecified atom stereocenters. The number of thioether (sulfide) groups is 1. The molecule has 0 bridgehead atoms. The van der Waals surface area contributed by atoms with E-state index in [-0.39, 0.29) is 17.3 Å². The second-order valence-electron chi connectivity index (χ2n) is 4.60. The van der Waals surface area contributed by atoms with E-state index in [9.17, 15) is 13.2 Å². The fourth-order valence-corrected chi connectivity index (χ4v) is 5.05. The minimum absolute atomic E-state index is 0.0803. The molecule has 1 atom stereocenters. The Kier molecular flexibility index (Phi) is 3.41. The first-order valence-corrected chi connectivity index (χ1v) is 8.22. The van der Waals surface area contributed by atoms with Gasteiger partial charge in [0.15, 0.2) is 15.0 Å². The van der Waals surface area contributed by atoms with Crippen LogP contribution >= 0.6 is 11.8 Å². The summed E-state index contributed by atoms with van der Waals surface area (Å²) in [5.74, 6) is -0.750. The Morgan fingerprint density at radius 1 is 1.67 bits per heavy atom. The third-order valence-electron chi connectivity index (χ3n) is 3.00. The number of carboxylic acid groups (broad SMARTS) is 1. The summed E-state index contributed by atoms with van der Waals surface area (Å²) in [6.07, 6.45) is 3.82. The minimum Gasteiger partial charge on any atom is -0.481 e. The molecule has 0 saturated carbocycles. The summed E-state index contributed by atoms with van der Waals surface area (Å²) in [4.78, 5) is 14.6. The van der Waals surface area contributed by atoms with Crippen molar-refractivity contribution < 1.29 is 18.3 Å². The van der Waals surface area contributed by atoms with Gasteiger partial charge < -0.3 is 9.67 Å². The fourth-order valence-electron chi connectivity index (χ4n) is 2.12. The highest BCUT2D eigenvalue weighted by Crippen LogP contribution is 2.33. The Bertz CT molecular complexity index is 566. The van der Waals surface area contributed by atoms with Gasteiger partial charge >= 0.3 is 5.97 Å². The first-order valence-electron chi connectivity index (χ1n) is 5.41. The van der Waals surface area contributed by atoms with Crippen LogP contribution in [-0.2, 0) is 20.2 Å². The summed E-state index contributed by atoms with van der Waals surface area (Å²) in [7, 11) is -3.00. The first-order chi connectivity index (χ1) is 8.32. The molecule has 18 heavy (non-hydrogen) atoms. The molecule has 1 fully saturated rings. The van der Waals surface area contributed by atoms with Crippen LogP contribution in [0.4, 0.5) is 0 Å². The molecular weight excluding hydrogens is 276 g/mol. The van der Waals surface area contributed by atoms with Crippen molar-refractivity contribution in [2.24, 2.45) is 0 Å². The van der Waals surface area contributed by atoms with E-state index in [0.717, 1.165) is 11.8 Å². The number of sulfone groups is 1. The Balaban J connectivity index is 2.24. The molecule has 6 nitrogen and oxygen atoms in total. The summed E-state index contributed by atoms with van der Waals surface area (Å²) in [6.45, 7) is 1.87. The van der Waals surface area contributed by atoms with E-state index < -0.39 is 21.3 Å². The molecule has 0 radical (unpaired) electrons. The zero-order valence-corrected chi connectivity index (χ0v) is 11.5. The second kappa shape index (κ2) is 4.58. The van der Waals surface area contributed by atoms with Crippen molar-refractivity contribution in [1.29, 1.82) is 0 Å². The number of aliphatic carboxylic acids is 1. The van der Waals surface area contributed by atoms with Crippen molar-refractivity contribution in [3.63, 3.8) is 0 Å². The highest BCUT2D eigenvalue weighted by atomic mass is 32.2. The lowest BCUT2D eigenvalue weighted by atomic mass is 10.0. The number of hydrogen-bond acceptors (Lipinski definition) is 5. The highest BCUT2D eigenvalue weighted by Gasteiger charge is 2.40. The van der Waals surface area contributed by atoms with E-state index >= 15 is 0 Å². The SMILES string of the molecule is CC1(n2ccnc2SCC(=O)O)CCS(=O)(=O)C1. The Labute approximate surface area is 109 Å². The van der Waals surface area contributed by atoms with Crippen molar-refractivity contribution in [3.8, 4) is 0 Å². The largest absolute Gasteiger partial charge is 0.481 e. The van der Waals surface area contributed by atoms with Crippen LogP contribution in [0.3, 0.4) is 0 Å². The van der Waals surface area contributed by atoms with Crippen LogP contribution in [-0.4, -0.2) is 46.3 Å². The number of hydrogen-bond donors (Lipinski definition) is 1. The zero-order valence-electron chi connectivity index (χ0n) is 9.87. The molecule has 1 saturated heterocycles. The molecule has 1 aromatic rings. The van der Waals surface area contributed by atoms with Crippen molar-refractivity contribution in [3.05, 3.63) is 12.4 Å². The lowest BCUT2D eigenvalue weighted by molar-refractivity contribution is -0.133. The number of carbonyl (C=O) groups is 1. The zero-order chi connectivity index (χ0) is 13.4. The van der Waals surface area contributed by atoms with Gasteiger partial charge in [0.2, 0.25) is 0 Å². The third kappa shape index (κ3) is 2.69. The van der Waals surface area contributed by atoms with E-state index in [1.54, 1.807) is 17.0 Å². The monoisotopic (exact) mass is 290 g/mol. The predicted octanol–water partition coefficient (Wildman–Crippen LogP) is 0.593. The summed E-state index contributed by atoms with van der Waals surface area (Å²) < 4.78 is 25.0. The topological polar surface area (TPSA) is 89.3 Å². The molecule has 2 rings (SSSR count). The van der Waals surface area contributed by atoms with Crippen LogP contribution in [0, 0.1) is 0 Å². The van der Waals surface area contributed by atoms with Crippen LogP contribution in [0.25, 0.3) is 0 Å². The Morgan fingerprint density at radius 3 is 2.94 bits per heavy atom. The van der Waals surface area contributed by atoms with Gasteiger partial charge in [-0.25, -0.2) is 13.4 Å². The maximum Gasteiger partial charge on any atom is 0.313 e. The van der Waals surface area contributed by atoms with E-state index in [4.69, 9.17) is 5.11 Å². The Morgan fingerprint density at radius 2 is 2.39 bits per heavy atom. The number of imidazole rings is 1. The maximum absolute atomic E-state index is 11.6. The summed E-state index contributed by atoms with van der Waals surface area (Å²) in [5, 5.41) is 9.21. The van der Waals surface area contributed by atoms with Crippen LogP contribution in [0.2, 0.25) is 0 Å². The van der Waals surface area contributed by atoms with Gasteiger partial charge in [-0.15, -0.1) is 0 Å². The molecule has 8 heteroatoms. The smallest absolute Gasteiger partial charge is 0.313 e. The quantitative estimate of drug-likeness (QED) is 0.817. The molecule has 0 amide bonds. The van der Waals surface area contributed by atoms with Gasteiger partial charge in [0, 0.05) is 12.4 Å². The lowest BCUT2D eigenvalue weighted by Crippen LogP contribution is -2.31. The average molecular weight is 290 g/mol. The summed E-state index contributed by atoms with van der Waals surface area (Å²) in [6, 6.07) is 0. The molecule has 2 heterocycles. The fraction of sp³-hybridized carbons (Fsp3) is 0.600. The van der Waals surface area contributed by atoms with Gasteiger partial charge in [-0.2, -0.15) is 0 Å². The Hall–Kier alpha value is -1.02. The average Bonchev–Trinajstić information content (AvgIpc) is 2.81. The van der Waals surface area contributed by atoms with E-state index in [0.29, 0.717) is 11.6 Å². The van der Waals surface area contributed by atoms with Crippen molar-refractivity contribution in [2.45, 2.75) is 24.0 Å². The van der Waals surface area contributed by atoms with Crippen LogP contribution < -0.4 is 0 Å². The predicted molar refractivity (Wildman–Crippen MR) is 67.5 cm³/mol. The molecule has 100 valence electrons. The number of rotatable bonds is 4. The van der Waals surface area contributed by atoms with Gasteiger partial charge in [-0.3, -0.25) is 4.79 Å². The lowest BCUT2D eigenvalue weighted by Gasteiger charge is -2.25. The molecule has 1 aliphatic rings. The van der Waals surface area contributed by atoms with Crippen molar-refractivity contribution in [1.82, 2.24) is 9.55 Å². The summed E-state index contributed by atoms with van der Waals surface area (Å²) in [5.41, 5.74) is -0.518. The van der Waals surface area contributed by atoms with Crippen LogP contribution in [0.5, 0.6) is 0 Å². The molecule has 1 aromatic heterocycles. The normalized spacial score (nSPS) is 26.3. The van der Waals surface area contributed by atoms with E-state index in [1.807, 2.05) is 6.92 Å². The summed E-state index contributed by atoms with van der Waals surface area (Å²) >= 11 is 1.10. The van der Waals surface area contributed by atoms with E-state index in [1.165, 1.54) is 0 Å². The molecule has 1 aliphatic heterocycles. The van der Waals surface area contributed by atoms with Gasteiger partial charge in [0.25, 0.3) is 0 Å². The van der Waals surface area contributed by atoms with Crippen LogP contribution in [0.15, 0.2) is 17.6 Å². The van der Waals surface area contributed by atoms with Gasteiger partial charge in [0.1, 0.15) is 0 Å². The first kappa shape index (κ1) is 13.4. The highest BCUT2D eigenvalue weighted by molar-refractivity contribution is 7.99. The van der Waals surface area contributed by atoms with Gasteiger partial charge in [0.05, 0.1) is 22.8 Å². The molecule has 0 spiro atoms. The number of aromatic nitrogens is 2. The second-order valence-corrected chi connectivity index (χ2v) is 7.73. The standard InChI is InChI=1S/C10H14N2O4S2/c1-10(2-5-18(15,16)7-10)12-4-3-11-9(12)17-6-8(13)14/h3-4H,2,5-7H2,1H3,(H,13,14). The van der Waals surface area contributed by atoms with Gasteiger partial charge in [-0.05, 0) is 13.3 Å².